The molecule has 0 aliphatic heterocycles. The maximum atomic E-state index is 14.1. The van der Waals surface area contributed by atoms with Crippen molar-refractivity contribution in [1.82, 2.24) is 0 Å². The van der Waals surface area contributed by atoms with Crippen LogP contribution in [0.3, 0.4) is 0 Å². The Balaban J connectivity index is 1.94. The summed E-state index contributed by atoms with van der Waals surface area (Å²) in [5.41, 5.74) is 1.71. The lowest BCUT2D eigenvalue weighted by atomic mass is 9.66. The Labute approximate surface area is 176 Å². The highest BCUT2D eigenvalue weighted by atomic mass is 16.1. The summed E-state index contributed by atoms with van der Waals surface area (Å²) in [7, 11) is 0. The lowest BCUT2D eigenvalue weighted by molar-refractivity contribution is 0.0843. The van der Waals surface area contributed by atoms with Gasteiger partial charge in [-0.15, -0.1) is 0 Å². The SMILES string of the molecule is O=C(CC(C(=O)c1ccccc1)(c1ccccc1)c1ccccc1)c1ccccc1. The van der Waals surface area contributed by atoms with Crippen LogP contribution in [0.1, 0.15) is 38.3 Å². The average molecular weight is 390 g/mol. The molecule has 2 nitrogen and oxygen atoms in total. The van der Waals surface area contributed by atoms with E-state index in [0.29, 0.717) is 11.1 Å². The number of rotatable bonds is 7. The molecule has 4 aromatic rings. The fourth-order valence-electron chi connectivity index (χ4n) is 3.96. The molecule has 0 spiro atoms. The summed E-state index contributed by atoms with van der Waals surface area (Å²) in [5, 5.41) is 0. The Morgan fingerprint density at radius 1 is 0.500 bits per heavy atom. The molecule has 0 amide bonds. The normalized spacial score (nSPS) is 11.1. The molecule has 0 N–H and O–H groups in total. The van der Waals surface area contributed by atoms with Crippen molar-refractivity contribution < 1.29 is 9.59 Å². The Bertz CT molecular complexity index is 1080. The van der Waals surface area contributed by atoms with E-state index in [0.717, 1.165) is 11.1 Å². The van der Waals surface area contributed by atoms with Gasteiger partial charge in [-0.25, -0.2) is 0 Å². The Morgan fingerprint density at radius 3 is 1.30 bits per heavy atom. The van der Waals surface area contributed by atoms with Crippen molar-refractivity contribution in [3.05, 3.63) is 144 Å². The molecule has 2 heteroatoms. The predicted octanol–water partition coefficient (Wildman–Crippen LogP) is 6.13. The summed E-state index contributed by atoms with van der Waals surface area (Å²) in [6, 6.07) is 37.7. The van der Waals surface area contributed by atoms with Crippen molar-refractivity contribution in [2.45, 2.75) is 11.8 Å². The monoisotopic (exact) mass is 390 g/mol. The van der Waals surface area contributed by atoms with Crippen LogP contribution in [0.5, 0.6) is 0 Å². The summed E-state index contributed by atoms with van der Waals surface area (Å²) in [6.07, 6.45) is 0.0543. The van der Waals surface area contributed by atoms with E-state index >= 15 is 0 Å². The van der Waals surface area contributed by atoms with E-state index in [9.17, 15) is 9.59 Å². The van der Waals surface area contributed by atoms with Crippen LogP contribution in [-0.4, -0.2) is 11.6 Å². The molecule has 0 unspecified atom stereocenters. The first-order chi connectivity index (χ1) is 14.7. The molecular weight excluding hydrogens is 368 g/mol. The molecule has 0 aliphatic carbocycles. The third-order valence-electron chi connectivity index (χ3n) is 5.48. The Morgan fingerprint density at radius 2 is 0.867 bits per heavy atom. The van der Waals surface area contributed by atoms with Crippen molar-refractivity contribution >= 4 is 11.6 Å². The molecule has 0 aliphatic rings. The van der Waals surface area contributed by atoms with Crippen LogP contribution in [-0.2, 0) is 5.41 Å². The number of hydrogen-bond acceptors (Lipinski definition) is 2. The topological polar surface area (TPSA) is 34.1 Å². The highest BCUT2D eigenvalue weighted by molar-refractivity contribution is 6.11. The zero-order valence-corrected chi connectivity index (χ0v) is 16.6. The number of carbonyl (C=O) groups is 2. The highest BCUT2D eigenvalue weighted by Crippen LogP contribution is 2.40. The molecule has 4 rings (SSSR count). The van der Waals surface area contributed by atoms with Gasteiger partial charge in [0.2, 0.25) is 0 Å². The molecule has 0 heterocycles. The van der Waals surface area contributed by atoms with Crippen LogP contribution in [0.2, 0.25) is 0 Å². The smallest absolute Gasteiger partial charge is 0.178 e. The first-order valence-corrected chi connectivity index (χ1v) is 10.0. The molecule has 0 fully saturated rings. The largest absolute Gasteiger partial charge is 0.294 e. The van der Waals surface area contributed by atoms with Gasteiger partial charge in [0.25, 0.3) is 0 Å². The van der Waals surface area contributed by atoms with Gasteiger partial charge in [0.05, 0.1) is 5.41 Å². The van der Waals surface area contributed by atoms with Crippen molar-refractivity contribution in [3.63, 3.8) is 0 Å². The first kappa shape index (κ1) is 19.5. The van der Waals surface area contributed by atoms with Gasteiger partial charge >= 0.3 is 0 Å². The molecule has 30 heavy (non-hydrogen) atoms. The quantitative estimate of drug-likeness (QED) is 0.356. The number of ketones is 2. The fourth-order valence-corrected chi connectivity index (χ4v) is 3.96. The maximum absolute atomic E-state index is 14.1. The molecule has 0 atom stereocenters. The lowest BCUT2D eigenvalue weighted by Gasteiger charge is -2.33. The van der Waals surface area contributed by atoms with Gasteiger partial charge in [-0.05, 0) is 11.1 Å². The molecule has 0 saturated carbocycles. The second kappa shape index (κ2) is 8.71. The van der Waals surface area contributed by atoms with Gasteiger partial charge in [0.15, 0.2) is 11.6 Å². The second-order valence-electron chi connectivity index (χ2n) is 7.30. The zero-order chi connectivity index (χ0) is 20.8. The minimum Gasteiger partial charge on any atom is -0.294 e. The van der Waals surface area contributed by atoms with E-state index < -0.39 is 5.41 Å². The van der Waals surface area contributed by atoms with Crippen LogP contribution >= 0.6 is 0 Å². The van der Waals surface area contributed by atoms with Crippen LogP contribution in [0.15, 0.2) is 121 Å². The summed E-state index contributed by atoms with van der Waals surface area (Å²) in [4.78, 5) is 27.5. The van der Waals surface area contributed by atoms with E-state index in [2.05, 4.69) is 0 Å². The Hall–Kier alpha value is -3.78. The van der Waals surface area contributed by atoms with Crippen molar-refractivity contribution in [3.8, 4) is 0 Å². The highest BCUT2D eigenvalue weighted by Gasteiger charge is 2.44. The molecule has 0 saturated heterocycles. The molecule has 146 valence electrons. The van der Waals surface area contributed by atoms with Crippen molar-refractivity contribution in [2.24, 2.45) is 0 Å². The summed E-state index contributed by atoms with van der Waals surface area (Å²) < 4.78 is 0. The van der Waals surface area contributed by atoms with Crippen molar-refractivity contribution in [2.75, 3.05) is 0 Å². The molecule has 0 bridgehead atoms. The maximum Gasteiger partial charge on any atom is 0.178 e. The number of carbonyl (C=O) groups excluding carboxylic acids is 2. The third kappa shape index (κ3) is 3.72. The number of hydrogen-bond donors (Lipinski definition) is 0. The average Bonchev–Trinajstić information content (AvgIpc) is 2.84. The van der Waals surface area contributed by atoms with Gasteiger partial charge in [0.1, 0.15) is 0 Å². The summed E-state index contributed by atoms with van der Waals surface area (Å²) >= 11 is 0. The van der Waals surface area contributed by atoms with E-state index in [-0.39, 0.29) is 18.0 Å². The van der Waals surface area contributed by atoms with Gasteiger partial charge in [-0.2, -0.15) is 0 Å². The molecule has 0 radical (unpaired) electrons. The Kier molecular flexibility index (Phi) is 5.67. The summed E-state index contributed by atoms with van der Waals surface area (Å²) in [6.45, 7) is 0. The molecule has 0 aromatic heterocycles. The number of Topliss-reactive ketones (excluding diaryl/α,β-unsaturated/α-hetero) is 2. The van der Waals surface area contributed by atoms with E-state index in [4.69, 9.17) is 0 Å². The minimum atomic E-state index is -1.11. The van der Waals surface area contributed by atoms with Gasteiger partial charge in [-0.1, -0.05) is 121 Å². The summed E-state index contributed by atoms with van der Waals surface area (Å²) in [5.74, 6) is -0.141. The van der Waals surface area contributed by atoms with Crippen LogP contribution in [0.4, 0.5) is 0 Å². The third-order valence-corrected chi connectivity index (χ3v) is 5.48. The van der Waals surface area contributed by atoms with Crippen LogP contribution in [0.25, 0.3) is 0 Å². The fraction of sp³-hybridized carbons (Fsp3) is 0.0714. The van der Waals surface area contributed by atoms with E-state index in [1.165, 1.54) is 0 Å². The first-order valence-electron chi connectivity index (χ1n) is 10.0. The lowest BCUT2D eigenvalue weighted by Crippen LogP contribution is -2.39. The molecule has 4 aromatic carbocycles. The predicted molar refractivity (Wildman–Crippen MR) is 120 cm³/mol. The van der Waals surface area contributed by atoms with Crippen LogP contribution in [0, 0.1) is 0 Å². The number of benzene rings is 4. The molecular formula is C28H22O2. The van der Waals surface area contributed by atoms with Crippen LogP contribution < -0.4 is 0 Å². The zero-order valence-electron chi connectivity index (χ0n) is 16.6. The standard InChI is InChI=1S/C28H22O2/c29-26(22-13-5-1-6-14-22)21-28(24-17-9-3-10-18-24,25-19-11-4-12-20-25)27(30)23-15-7-2-8-16-23/h1-20H,21H2. The second-order valence-corrected chi connectivity index (χ2v) is 7.30. The van der Waals surface area contributed by atoms with Crippen molar-refractivity contribution in [1.29, 1.82) is 0 Å². The van der Waals surface area contributed by atoms with Gasteiger partial charge in [-0.3, -0.25) is 9.59 Å². The van der Waals surface area contributed by atoms with E-state index in [1.807, 2.05) is 109 Å². The van der Waals surface area contributed by atoms with E-state index in [1.54, 1.807) is 12.1 Å². The minimum absolute atomic E-state index is 0.0543. The van der Waals surface area contributed by atoms with Gasteiger partial charge in [0, 0.05) is 17.5 Å². The van der Waals surface area contributed by atoms with Gasteiger partial charge < -0.3 is 0 Å².